The van der Waals surface area contributed by atoms with E-state index in [1.165, 1.54) is 7.11 Å². The fourth-order valence-electron chi connectivity index (χ4n) is 1.86. The molecule has 0 spiro atoms. The van der Waals surface area contributed by atoms with E-state index in [0.717, 1.165) is 0 Å². The van der Waals surface area contributed by atoms with Crippen molar-refractivity contribution < 1.29 is 14.3 Å². The van der Waals surface area contributed by atoms with E-state index in [-0.39, 0.29) is 12.0 Å². The largest absolute Gasteiger partial charge is 0.491 e. The molecule has 118 valence electrons. The van der Waals surface area contributed by atoms with Crippen molar-refractivity contribution in [3.05, 3.63) is 28.2 Å². The van der Waals surface area contributed by atoms with Crippen LogP contribution in [0.2, 0.25) is 10.0 Å². The topological polar surface area (TPSA) is 47.6 Å². The van der Waals surface area contributed by atoms with Crippen LogP contribution in [-0.4, -0.2) is 32.3 Å². The minimum Gasteiger partial charge on any atom is -0.491 e. The van der Waals surface area contributed by atoms with E-state index < -0.39 is 0 Å². The average molecular weight is 334 g/mol. The van der Waals surface area contributed by atoms with Gasteiger partial charge in [0.1, 0.15) is 18.4 Å². The summed E-state index contributed by atoms with van der Waals surface area (Å²) in [5.41, 5.74) is 0. The van der Waals surface area contributed by atoms with Gasteiger partial charge in [0.05, 0.1) is 12.1 Å². The van der Waals surface area contributed by atoms with Crippen molar-refractivity contribution in [1.82, 2.24) is 5.32 Å². The first-order chi connectivity index (χ1) is 9.93. The van der Waals surface area contributed by atoms with E-state index in [9.17, 15) is 4.79 Å². The van der Waals surface area contributed by atoms with Crippen molar-refractivity contribution in [3.63, 3.8) is 0 Å². The molecule has 0 fully saturated rings. The molecule has 0 aliphatic rings. The van der Waals surface area contributed by atoms with Crippen LogP contribution < -0.4 is 10.1 Å². The van der Waals surface area contributed by atoms with E-state index in [1.54, 1.807) is 18.2 Å². The van der Waals surface area contributed by atoms with Crippen molar-refractivity contribution in [2.45, 2.75) is 26.3 Å². The van der Waals surface area contributed by atoms with Gasteiger partial charge in [0.15, 0.2) is 0 Å². The van der Waals surface area contributed by atoms with Crippen LogP contribution in [0.25, 0.3) is 0 Å². The molecule has 1 aromatic carbocycles. The number of nitrogens with one attached hydrogen (secondary N) is 1. The molecule has 6 heteroatoms. The number of carbonyl (C=O) groups excluding carboxylic acids is 1. The molecule has 0 heterocycles. The van der Waals surface area contributed by atoms with Gasteiger partial charge in [-0.3, -0.25) is 4.79 Å². The second-order valence-corrected chi connectivity index (χ2v) is 5.93. The number of ether oxygens (including phenoxy) is 2. The van der Waals surface area contributed by atoms with Crippen LogP contribution in [0.15, 0.2) is 18.2 Å². The normalized spacial score (nSPS) is 12.3. The Morgan fingerprint density at radius 1 is 1.33 bits per heavy atom. The van der Waals surface area contributed by atoms with Crippen molar-refractivity contribution in [3.8, 4) is 5.75 Å². The summed E-state index contributed by atoms with van der Waals surface area (Å²) in [6, 6.07) is 4.74. The van der Waals surface area contributed by atoms with Gasteiger partial charge in [-0.05, 0) is 30.5 Å². The first-order valence-corrected chi connectivity index (χ1v) is 7.58. The van der Waals surface area contributed by atoms with E-state index >= 15 is 0 Å². The summed E-state index contributed by atoms with van der Waals surface area (Å²) in [7, 11) is 1.39. The summed E-state index contributed by atoms with van der Waals surface area (Å²) in [5, 5.41) is 4.16. The van der Waals surface area contributed by atoms with Gasteiger partial charge in [-0.25, -0.2) is 0 Å². The lowest BCUT2D eigenvalue weighted by Crippen LogP contribution is -2.40. The molecule has 1 N–H and O–H groups in total. The Hall–Kier alpha value is -0.970. The molecule has 0 saturated heterocycles. The zero-order valence-corrected chi connectivity index (χ0v) is 14.0. The number of hydrogen-bond acceptors (Lipinski definition) is 4. The lowest BCUT2D eigenvalue weighted by Gasteiger charge is -2.18. The van der Waals surface area contributed by atoms with Gasteiger partial charge in [-0.2, -0.15) is 0 Å². The Balaban J connectivity index is 2.41. The second-order valence-electron chi connectivity index (χ2n) is 5.08. The molecule has 0 bridgehead atoms. The summed E-state index contributed by atoms with van der Waals surface area (Å²) >= 11 is 11.8. The molecule has 4 nitrogen and oxygen atoms in total. The average Bonchev–Trinajstić information content (AvgIpc) is 2.42. The van der Waals surface area contributed by atoms with Crippen molar-refractivity contribution in [2.24, 2.45) is 5.92 Å². The maximum absolute atomic E-state index is 11.6. The van der Waals surface area contributed by atoms with Crippen molar-refractivity contribution in [2.75, 3.05) is 20.3 Å². The van der Waals surface area contributed by atoms with Crippen LogP contribution >= 0.6 is 23.2 Å². The summed E-state index contributed by atoms with van der Waals surface area (Å²) < 4.78 is 10.3. The maximum Gasteiger partial charge on any atom is 0.322 e. The van der Waals surface area contributed by atoms with Crippen LogP contribution in [0.3, 0.4) is 0 Å². The third kappa shape index (κ3) is 6.55. The van der Waals surface area contributed by atoms with Gasteiger partial charge in [0, 0.05) is 11.6 Å². The fourth-order valence-corrected chi connectivity index (χ4v) is 2.33. The fraction of sp³-hybridized carbons (Fsp3) is 0.533. The third-order valence-corrected chi connectivity index (χ3v) is 3.37. The predicted octanol–water partition coefficient (Wildman–Crippen LogP) is 3.55. The first-order valence-electron chi connectivity index (χ1n) is 6.83. The van der Waals surface area contributed by atoms with Gasteiger partial charge in [0.25, 0.3) is 0 Å². The van der Waals surface area contributed by atoms with E-state index in [4.69, 9.17) is 32.7 Å². The van der Waals surface area contributed by atoms with E-state index in [2.05, 4.69) is 19.2 Å². The van der Waals surface area contributed by atoms with Gasteiger partial charge in [0.2, 0.25) is 0 Å². The van der Waals surface area contributed by atoms with Crippen LogP contribution in [0.1, 0.15) is 20.3 Å². The number of hydrogen-bond donors (Lipinski definition) is 1. The first kappa shape index (κ1) is 18.1. The molecule has 1 atom stereocenters. The predicted molar refractivity (Wildman–Crippen MR) is 85.2 cm³/mol. The standard InChI is InChI=1S/C15H21Cl2NO3/c1-10(2)8-13(15(19)20-3)18-6-7-21-14-5-4-11(16)9-12(14)17/h4-5,9-10,13,18H,6-8H2,1-3H3. The molecule has 0 aliphatic carbocycles. The van der Waals surface area contributed by atoms with Crippen LogP contribution in [0.4, 0.5) is 0 Å². The Bertz CT molecular complexity index is 466. The molecule has 21 heavy (non-hydrogen) atoms. The summed E-state index contributed by atoms with van der Waals surface area (Å²) in [5.74, 6) is 0.711. The molecule has 1 unspecified atom stereocenters. The van der Waals surface area contributed by atoms with Gasteiger partial charge in [-0.1, -0.05) is 37.0 Å². The quantitative estimate of drug-likeness (QED) is 0.583. The van der Waals surface area contributed by atoms with E-state index in [0.29, 0.717) is 41.3 Å². The Morgan fingerprint density at radius 3 is 2.62 bits per heavy atom. The number of halogens is 2. The number of carbonyl (C=O) groups is 1. The van der Waals surface area contributed by atoms with Crippen LogP contribution in [0.5, 0.6) is 5.75 Å². The zero-order chi connectivity index (χ0) is 15.8. The zero-order valence-electron chi connectivity index (χ0n) is 12.5. The molecule has 0 aliphatic heterocycles. The summed E-state index contributed by atoms with van der Waals surface area (Å²) in [6.07, 6.45) is 0.717. The highest BCUT2D eigenvalue weighted by Crippen LogP contribution is 2.27. The molecule has 0 saturated carbocycles. The lowest BCUT2D eigenvalue weighted by molar-refractivity contribution is -0.143. The SMILES string of the molecule is COC(=O)C(CC(C)C)NCCOc1ccc(Cl)cc1Cl. The van der Waals surface area contributed by atoms with Gasteiger partial charge >= 0.3 is 5.97 Å². The molecule has 1 aromatic rings. The number of methoxy groups -OCH3 is 1. The Labute approximate surface area is 135 Å². The summed E-state index contributed by atoms with van der Waals surface area (Å²) in [4.78, 5) is 11.6. The number of benzene rings is 1. The number of esters is 1. The van der Waals surface area contributed by atoms with Crippen molar-refractivity contribution in [1.29, 1.82) is 0 Å². The maximum atomic E-state index is 11.6. The minimum atomic E-state index is -0.320. The van der Waals surface area contributed by atoms with E-state index in [1.807, 2.05) is 0 Å². The third-order valence-electron chi connectivity index (χ3n) is 2.84. The molecule has 0 aromatic heterocycles. The highest BCUT2D eigenvalue weighted by Gasteiger charge is 2.19. The van der Waals surface area contributed by atoms with Crippen molar-refractivity contribution >= 4 is 29.2 Å². The molecule has 1 rings (SSSR count). The highest BCUT2D eigenvalue weighted by molar-refractivity contribution is 6.35. The highest BCUT2D eigenvalue weighted by atomic mass is 35.5. The molecular formula is C15H21Cl2NO3. The van der Waals surface area contributed by atoms with Crippen LogP contribution in [0, 0.1) is 5.92 Å². The molecule has 0 amide bonds. The molecule has 0 radical (unpaired) electrons. The number of rotatable bonds is 8. The van der Waals surface area contributed by atoms with Crippen LogP contribution in [-0.2, 0) is 9.53 Å². The Morgan fingerprint density at radius 2 is 2.05 bits per heavy atom. The smallest absolute Gasteiger partial charge is 0.322 e. The van der Waals surface area contributed by atoms with Gasteiger partial charge in [-0.15, -0.1) is 0 Å². The second kappa shape index (κ2) is 9.13. The Kier molecular flexibility index (Phi) is 7.86. The molecular weight excluding hydrogens is 313 g/mol. The minimum absolute atomic E-state index is 0.256. The summed E-state index contributed by atoms with van der Waals surface area (Å²) in [6.45, 7) is 5.03. The van der Waals surface area contributed by atoms with Gasteiger partial charge < -0.3 is 14.8 Å². The lowest BCUT2D eigenvalue weighted by atomic mass is 10.0. The monoisotopic (exact) mass is 333 g/mol.